The summed E-state index contributed by atoms with van der Waals surface area (Å²) in [5, 5.41) is 7.76. The number of halogens is 2. The highest BCUT2D eigenvalue weighted by Gasteiger charge is 2.15. The molecule has 10 heteroatoms. The molecule has 0 atom stereocenters. The van der Waals surface area contributed by atoms with Gasteiger partial charge in [0.1, 0.15) is 9.96 Å². The molecule has 0 saturated carbocycles. The second kappa shape index (κ2) is 9.33. The molecule has 0 spiro atoms. The predicted molar refractivity (Wildman–Crippen MR) is 110 cm³/mol. The summed E-state index contributed by atoms with van der Waals surface area (Å²) in [5.41, 5.74) is 1.80. The smallest absolute Gasteiger partial charge is 0.387 e. The van der Waals surface area contributed by atoms with Gasteiger partial charge in [-0.3, -0.25) is 4.79 Å². The van der Waals surface area contributed by atoms with Gasteiger partial charge in [-0.25, -0.2) is 13.6 Å². The summed E-state index contributed by atoms with van der Waals surface area (Å²) in [7, 11) is -3.82. The zero-order valence-electron chi connectivity index (χ0n) is 15.5. The first-order valence-electron chi connectivity index (χ1n) is 8.74. The third-order valence-corrected chi connectivity index (χ3v) is 6.57. The number of nitrogens with one attached hydrogen (secondary N) is 1. The minimum atomic E-state index is -3.82. The number of sulfonamides is 1. The first kappa shape index (κ1) is 21.9. The van der Waals surface area contributed by atoms with Crippen molar-refractivity contribution >= 4 is 33.0 Å². The van der Waals surface area contributed by atoms with E-state index < -0.39 is 16.6 Å². The first-order valence-corrected chi connectivity index (χ1v) is 11.1. The fraction of sp³-hybridized carbons (Fsp3) is 0.150. The second-order valence-electron chi connectivity index (χ2n) is 6.35. The summed E-state index contributed by atoms with van der Waals surface area (Å²) in [5.74, 6) is -0.353. The Kier molecular flexibility index (Phi) is 6.80. The molecule has 3 rings (SSSR count). The van der Waals surface area contributed by atoms with E-state index in [4.69, 9.17) is 5.14 Å². The monoisotopic (exact) mass is 452 g/mol. The number of hydrogen-bond acceptors (Lipinski definition) is 5. The first-order chi connectivity index (χ1) is 14.2. The van der Waals surface area contributed by atoms with Gasteiger partial charge in [-0.15, -0.1) is 11.3 Å². The van der Waals surface area contributed by atoms with Crippen molar-refractivity contribution in [3.05, 3.63) is 76.7 Å². The highest BCUT2D eigenvalue weighted by molar-refractivity contribution is 7.91. The average Bonchev–Trinajstić information content (AvgIpc) is 3.13. The molecule has 3 aromatic rings. The van der Waals surface area contributed by atoms with Crippen LogP contribution in [0, 0.1) is 0 Å². The average molecular weight is 453 g/mol. The third kappa shape index (κ3) is 6.09. The SMILES string of the molecule is NS(=O)(=O)c1ccc(CC(=O)Nc2ccc(OC(F)F)c(Cc3ccccc3)c2)s1. The van der Waals surface area contributed by atoms with Gasteiger partial charge in [0.05, 0.1) is 6.42 Å². The number of alkyl halides is 2. The number of ether oxygens (including phenoxy) is 1. The largest absolute Gasteiger partial charge is 0.435 e. The summed E-state index contributed by atoms with van der Waals surface area (Å²) in [6, 6.07) is 16.5. The lowest BCUT2D eigenvalue weighted by Gasteiger charge is -2.13. The number of carbonyl (C=O) groups is 1. The van der Waals surface area contributed by atoms with Crippen LogP contribution in [0.2, 0.25) is 0 Å². The second-order valence-corrected chi connectivity index (χ2v) is 9.31. The van der Waals surface area contributed by atoms with Crippen molar-refractivity contribution in [3.63, 3.8) is 0 Å². The Balaban J connectivity index is 1.75. The van der Waals surface area contributed by atoms with Gasteiger partial charge < -0.3 is 10.1 Å². The lowest BCUT2D eigenvalue weighted by atomic mass is 10.0. The highest BCUT2D eigenvalue weighted by atomic mass is 32.2. The molecule has 0 unspecified atom stereocenters. The van der Waals surface area contributed by atoms with Crippen molar-refractivity contribution in [3.8, 4) is 5.75 Å². The predicted octanol–water partition coefficient (Wildman–Crippen LogP) is 3.77. The maximum absolute atomic E-state index is 12.7. The molecule has 158 valence electrons. The highest BCUT2D eigenvalue weighted by Crippen LogP contribution is 2.27. The number of primary sulfonamides is 1. The van der Waals surface area contributed by atoms with E-state index in [0.717, 1.165) is 16.9 Å². The molecule has 6 nitrogen and oxygen atoms in total. The summed E-state index contributed by atoms with van der Waals surface area (Å²) in [6.45, 7) is -2.97. The molecule has 0 bridgehead atoms. The van der Waals surface area contributed by atoms with Crippen molar-refractivity contribution in [2.45, 2.75) is 23.7 Å². The Morgan fingerprint density at radius 1 is 1.10 bits per heavy atom. The Morgan fingerprint density at radius 2 is 1.83 bits per heavy atom. The zero-order valence-corrected chi connectivity index (χ0v) is 17.2. The van der Waals surface area contributed by atoms with E-state index >= 15 is 0 Å². The standard InChI is InChI=1S/C20H18F2N2O4S2/c21-20(22)28-17-8-6-15(11-14(17)10-13-4-2-1-3-5-13)24-18(25)12-16-7-9-19(29-16)30(23,26)27/h1-9,11,20H,10,12H2,(H,24,25)(H2,23,26,27). The van der Waals surface area contributed by atoms with E-state index in [1.165, 1.54) is 24.3 Å². The van der Waals surface area contributed by atoms with Gasteiger partial charge in [0.25, 0.3) is 0 Å². The normalized spacial score (nSPS) is 11.5. The third-order valence-electron chi connectivity index (χ3n) is 4.05. The van der Waals surface area contributed by atoms with Crippen molar-refractivity contribution in [2.75, 3.05) is 5.32 Å². The quantitative estimate of drug-likeness (QED) is 0.544. The molecule has 3 N–H and O–H groups in total. The molecular formula is C20H18F2N2O4S2. The van der Waals surface area contributed by atoms with Crippen LogP contribution in [-0.4, -0.2) is 20.9 Å². The number of anilines is 1. The number of rotatable bonds is 8. The molecule has 2 aromatic carbocycles. The van der Waals surface area contributed by atoms with Crippen LogP contribution in [-0.2, 0) is 27.7 Å². The fourth-order valence-corrected chi connectivity index (χ4v) is 4.57. The Hall–Kier alpha value is -2.82. The van der Waals surface area contributed by atoms with Crippen LogP contribution >= 0.6 is 11.3 Å². The van der Waals surface area contributed by atoms with Crippen LogP contribution in [0.4, 0.5) is 14.5 Å². The number of carbonyl (C=O) groups excluding carboxylic acids is 1. The lowest BCUT2D eigenvalue weighted by Crippen LogP contribution is -2.14. The van der Waals surface area contributed by atoms with Gasteiger partial charge in [0, 0.05) is 22.5 Å². The minimum absolute atomic E-state index is 0.0241. The van der Waals surface area contributed by atoms with Crippen LogP contribution in [0.5, 0.6) is 5.75 Å². The lowest BCUT2D eigenvalue weighted by molar-refractivity contribution is -0.115. The summed E-state index contributed by atoms with van der Waals surface area (Å²) >= 11 is 0.916. The molecule has 0 saturated heterocycles. The maximum atomic E-state index is 12.7. The summed E-state index contributed by atoms with van der Waals surface area (Å²) in [4.78, 5) is 12.9. The topological polar surface area (TPSA) is 98.5 Å². The van der Waals surface area contributed by atoms with Gasteiger partial charge in [-0.2, -0.15) is 8.78 Å². The van der Waals surface area contributed by atoms with E-state index in [-0.39, 0.29) is 22.3 Å². The van der Waals surface area contributed by atoms with Crippen molar-refractivity contribution < 1.29 is 26.7 Å². The van der Waals surface area contributed by atoms with Crippen molar-refractivity contribution in [1.29, 1.82) is 0 Å². The molecule has 1 aromatic heterocycles. The minimum Gasteiger partial charge on any atom is -0.435 e. The van der Waals surface area contributed by atoms with E-state index in [0.29, 0.717) is 22.5 Å². The zero-order chi connectivity index (χ0) is 21.7. The molecule has 30 heavy (non-hydrogen) atoms. The van der Waals surface area contributed by atoms with Crippen LogP contribution in [0.25, 0.3) is 0 Å². The molecular weight excluding hydrogens is 434 g/mol. The molecule has 0 aliphatic carbocycles. The van der Waals surface area contributed by atoms with E-state index in [2.05, 4.69) is 10.1 Å². The number of amides is 1. The van der Waals surface area contributed by atoms with E-state index in [1.54, 1.807) is 6.07 Å². The number of benzene rings is 2. The van der Waals surface area contributed by atoms with Gasteiger partial charge in [0.2, 0.25) is 15.9 Å². The van der Waals surface area contributed by atoms with Crippen LogP contribution < -0.4 is 15.2 Å². The van der Waals surface area contributed by atoms with Gasteiger partial charge in [-0.1, -0.05) is 30.3 Å². The Bertz CT molecular complexity index is 1130. The van der Waals surface area contributed by atoms with Crippen molar-refractivity contribution in [2.24, 2.45) is 5.14 Å². The molecule has 0 aliphatic rings. The summed E-state index contributed by atoms with van der Waals surface area (Å²) in [6.07, 6.45) is 0.290. The Labute approximate surface area is 176 Å². The molecule has 0 fully saturated rings. The summed E-state index contributed by atoms with van der Waals surface area (Å²) < 4.78 is 52.7. The number of nitrogens with two attached hydrogens (primary N) is 1. The van der Waals surface area contributed by atoms with Crippen LogP contribution in [0.3, 0.4) is 0 Å². The Morgan fingerprint density at radius 3 is 2.47 bits per heavy atom. The molecule has 1 heterocycles. The molecule has 1 amide bonds. The number of thiophene rings is 1. The van der Waals surface area contributed by atoms with Gasteiger partial charge >= 0.3 is 6.61 Å². The van der Waals surface area contributed by atoms with Gasteiger partial charge in [-0.05, 0) is 35.9 Å². The fourth-order valence-electron chi connectivity index (χ4n) is 2.79. The number of hydrogen-bond donors (Lipinski definition) is 2. The van der Waals surface area contributed by atoms with Crippen LogP contribution in [0.15, 0.2) is 64.9 Å². The van der Waals surface area contributed by atoms with E-state index in [1.807, 2.05) is 30.3 Å². The van der Waals surface area contributed by atoms with Gasteiger partial charge in [0.15, 0.2) is 0 Å². The van der Waals surface area contributed by atoms with Crippen LogP contribution in [0.1, 0.15) is 16.0 Å². The van der Waals surface area contributed by atoms with Crippen molar-refractivity contribution in [1.82, 2.24) is 0 Å². The maximum Gasteiger partial charge on any atom is 0.387 e. The van der Waals surface area contributed by atoms with E-state index in [9.17, 15) is 22.0 Å². The molecule has 0 radical (unpaired) electrons. The molecule has 0 aliphatic heterocycles.